The fourth-order valence-electron chi connectivity index (χ4n) is 1.68. The molecule has 0 bridgehead atoms. The van der Waals surface area contributed by atoms with Crippen LogP contribution >= 0.6 is 11.8 Å². The molecule has 0 aromatic heterocycles. The van der Waals surface area contributed by atoms with Gasteiger partial charge in [0.25, 0.3) is 0 Å². The molecule has 2 atom stereocenters. The van der Waals surface area contributed by atoms with Crippen LogP contribution in [0.5, 0.6) is 0 Å². The molecule has 1 saturated heterocycles. The highest BCUT2D eigenvalue weighted by atomic mass is 32.2. The minimum absolute atomic E-state index is 0.273. The van der Waals surface area contributed by atoms with E-state index in [-0.39, 0.29) is 5.91 Å². The maximum atomic E-state index is 11.8. The van der Waals surface area contributed by atoms with Gasteiger partial charge in [0.2, 0.25) is 5.91 Å². The number of carbonyl (C=O) groups excluding carboxylic acids is 1. The molecule has 1 heterocycles. The Hall–Kier alpha value is -0.220. The quantitative estimate of drug-likeness (QED) is 0.768. The second-order valence-corrected chi connectivity index (χ2v) is 5.28. The lowest BCUT2D eigenvalue weighted by Crippen LogP contribution is -2.47. The van der Waals surface area contributed by atoms with Gasteiger partial charge in [-0.3, -0.25) is 4.79 Å². The van der Waals surface area contributed by atoms with Crippen LogP contribution in [0.15, 0.2) is 0 Å². The first kappa shape index (κ1) is 11.9. The second kappa shape index (κ2) is 5.61. The van der Waals surface area contributed by atoms with Gasteiger partial charge in [0.05, 0.1) is 0 Å². The van der Waals surface area contributed by atoms with Crippen molar-refractivity contribution in [3.05, 3.63) is 0 Å². The monoisotopic (exact) mass is 216 g/mol. The van der Waals surface area contributed by atoms with E-state index in [1.165, 1.54) is 0 Å². The number of carbonyl (C=O) groups is 1. The van der Waals surface area contributed by atoms with E-state index in [2.05, 4.69) is 13.8 Å². The number of hydrogen-bond acceptors (Lipinski definition) is 3. The van der Waals surface area contributed by atoms with E-state index in [9.17, 15) is 4.79 Å². The molecule has 0 unspecified atom stereocenters. The summed E-state index contributed by atoms with van der Waals surface area (Å²) in [5.74, 6) is 1.34. The molecule has 0 aromatic rings. The molecule has 0 aromatic carbocycles. The Morgan fingerprint density at radius 3 is 2.93 bits per heavy atom. The third-order valence-corrected chi connectivity index (χ3v) is 4.14. The maximum Gasteiger partial charge on any atom is 0.222 e. The van der Waals surface area contributed by atoms with Crippen molar-refractivity contribution in [1.82, 2.24) is 4.90 Å². The Morgan fingerprint density at radius 2 is 2.29 bits per heavy atom. The number of thioether (sulfide) groups is 1. The van der Waals surface area contributed by atoms with E-state index in [1.807, 2.05) is 16.7 Å². The highest BCUT2D eigenvalue weighted by Gasteiger charge is 2.27. The van der Waals surface area contributed by atoms with Crippen LogP contribution in [0.2, 0.25) is 0 Å². The van der Waals surface area contributed by atoms with Crippen molar-refractivity contribution in [1.29, 1.82) is 0 Å². The number of nitrogens with two attached hydrogens (primary N) is 1. The molecule has 1 amide bonds. The van der Waals surface area contributed by atoms with E-state index in [0.29, 0.717) is 24.3 Å². The van der Waals surface area contributed by atoms with Gasteiger partial charge < -0.3 is 10.6 Å². The summed E-state index contributed by atoms with van der Waals surface area (Å²) in [5.41, 5.74) is 5.39. The van der Waals surface area contributed by atoms with Crippen molar-refractivity contribution in [2.45, 2.75) is 38.0 Å². The molecule has 3 nitrogen and oxygen atoms in total. The van der Waals surface area contributed by atoms with Gasteiger partial charge in [-0.2, -0.15) is 11.8 Å². The summed E-state index contributed by atoms with van der Waals surface area (Å²) in [6.45, 7) is 5.84. The molecule has 0 saturated carbocycles. The highest BCUT2D eigenvalue weighted by molar-refractivity contribution is 8.00. The van der Waals surface area contributed by atoms with Gasteiger partial charge in [0.1, 0.15) is 0 Å². The first-order valence-corrected chi connectivity index (χ1v) is 6.33. The molecule has 0 aliphatic carbocycles. The second-order valence-electron chi connectivity index (χ2n) is 3.80. The maximum absolute atomic E-state index is 11.8. The predicted octanol–water partition coefficient (Wildman–Crippen LogP) is 1.08. The normalized spacial score (nSPS) is 27.8. The topological polar surface area (TPSA) is 46.3 Å². The minimum Gasteiger partial charge on any atom is -0.338 e. The molecule has 2 N–H and O–H groups in total. The molecular formula is C10H20N2OS. The van der Waals surface area contributed by atoms with Crippen molar-refractivity contribution >= 4 is 17.7 Å². The Kier molecular flexibility index (Phi) is 4.75. The summed E-state index contributed by atoms with van der Waals surface area (Å²) in [5, 5.41) is 0.561. The lowest BCUT2D eigenvalue weighted by molar-refractivity contribution is -0.133. The van der Waals surface area contributed by atoms with Crippen molar-refractivity contribution < 1.29 is 4.79 Å². The number of amides is 1. The zero-order valence-electron chi connectivity index (χ0n) is 9.03. The van der Waals surface area contributed by atoms with Crippen LogP contribution < -0.4 is 5.73 Å². The van der Waals surface area contributed by atoms with Crippen LogP contribution in [-0.2, 0) is 4.79 Å². The van der Waals surface area contributed by atoms with Crippen LogP contribution in [0.4, 0.5) is 0 Å². The van der Waals surface area contributed by atoms with Gasteiger partial charge in [-0.05, 0) is 19.9 Å². The van der Waals surface area contributed by atoms with Gasteiger partial charge in [-0.15, -0.1) is 0 Å². The van der Waals surface area contributed by atoms with E-state index >= 15 is 0 Å². The van der Waals surface area contributed by atoms with E-state index in [1.54, 1.807) is 0 Å². The zero-order valence-corrected chi connectivity index (χ0v) is 9.85. The first-order chi connectivity index (χ1) is 6.66. The fraction of sp³-hybridized carbons (Fsp3) is 0.900. The van der Waals surface area contributed by atoms with Crippen molar-refractivity contribution in [2.75, 3.05) is 18.8 Å². The Bertz CT molecular complexity index is 199. The Labute approximate surface area is 90.4 Å². The summed E-state index contributed by atoms with van der Waals surface area (Å²) >= 11 is 1.95. The van der Waals surface area contributed by atoms with Crippen LogP contribution in [0.1, 0.15) is 26.7 Å². The average Bonchev–Trinajstić information content (AvgIpc) is 2.18. The molecule has 1 fully saturated rings. The van der Waals surface area contributed by atoms with Gasteiger partial charge in [-0.25, -0.2) is 0 Å². The van der Waals surface area contributed by atoms with Gasteiger partial charge in [0.15, 0.2) is 0 Å². The molecule has 14 heavy (non-hydrogen) atoms. The van der Waals surface area contributed by atoms with E-state index < -0.39 is 0 Å². The predicted molar refractivity (Wildman–Crippen MR) is 61.4 cm³/mol. The molecule has 0 radical (unpaired) electrons. The third kappa shape index (κ3) is 2.89. The van der Waals surface area contributed by atoms with Crippen molar-refractivity contribution in [2.24, 2.45) is 5.73 Å². The van der Waals surface area contributed by atoms with Crippen LogP contribution in [0, 0.1) is 0 Å². The van der Waals surface area contributed by atoms with E-state index in [4.69, 9.17) is 5.73 Å². The Balaban J connectivity index is 2.44. The van der Waals surface area contributed by atoms with Crippen molar-refractivity contribution in [3.63, 3.8) is 0 Å². The number of nitrogens with zero attached hydrogens (tertiary/aromatic N) is 1. The molecule has 1 aliphatic rings. The third-order valence-electron chi connectivity index (χ3n) is 2.80. The summed E-state index contributed by atoms with van der Waals surface area (Å²) < 4.78 is 0. The summed E-state index contributed by atoms with van der Waals surface area (Å²) in [6.07, 6.45) is 1.42. The summed E-state index contributed by atoms with van der Waals surface area (Å²) in [4.78, 5) is 13.8. The van der Waals surface area contributed by atoms with Gasteiger partial charge >= 0.3 is 0 Å². The zero-order chi connectivity index (χ0) is 10.6. The largest absolute Gasteiger partial charge is 0.338 e. The summed E-state index contributed by atoms with van der Waals surface area (Å²) in [7, 11) is 0. The first-order valence-electron chi connectivity index (χ1n) is 5.28. The fourth-order valence-corrected chi connectivity index (χ4v) is 2.78. The van der Waals surface area contributed by atoms with Gasteiger partial charge in [-0.1, -0.05) is 6.92 Å². The lowest BCUT2D eigenvalue weighted by Gasteiger charge is -2.37. The smallest absolute Gasteiger partial charge is 0.222 e. The number of rotatable bonds is 3. The van der Waals surface area contributed by atoms with Crippen LogP contribution in [0.25, 0.3) is 0 Å². The molecule has 1 rings (SSSR count). The molecule has 82 valence electrons. The highest BCUT2D eigenvalue weighted by Crippen LogP contribution is 2.24. The molecular weight excluding hydrogens is 196 g/mol. The average molecular weight is 216 g/mol. The lowest BCUT2D eigenvalue weighted by atomic mass is 10.1. The van der Waals surface area contributed by atoms with Crippen molar-refractivity contribution in [3.8, 4) is 0 Å². The van der Waals surface area contributed by atoms with Crippen LogP contribution in [0.3, 0.4) is 0 Å². The summed E-state index contributed by atoms with van der Waals surface area (Å²) in [6, 6.07) is 0.374. The van der Waals surface area contributed by atoms with Crippen LogP contribution in [-0.4, -0.2) is 40.9 Å². The van der Waals surface area contributed by atoms with E-state index in [0.717, 1.165) is 18.7 Å². The number of hydrogen-bond donors (Lipinski definition) is 1. The van der Waals surface area contributed by atoms with Gasteiger partial charge in [0, 0.05) is 30.0 Å². The SMILES string of the molecule is C[C@@H]1SCCN(C(=O)CCCN)[C@H]1C. The molecule has 1 aliphatic heterocycles. The minimum atomic E-state index is 0.273. The Morgan fingerprint density at radius 1 is 1.57 bits per heavy atom. The molecule has 4 heteroatoms. The molecule has 0 spiro atoms. The standard InChI is InChI=1S/C10H20N2OS/c1-8-9(2)14-7-6-12(8)10(13)4-3-5-11/h8-9H,3-7,11H2,1-2H3/t8-,9-/m0/s1.